The molecule has 0 radical (unpaired) electrons. The van der Waals surface area contributed by atoms with E-state index in [1.165, 1.54) is 26.0 Å². The number of rotatable bonds is 5. The highest BCUT2D eigenvalue weighted by Gasteiger charge is 2.26. The number of Topliss-reactive ketones (excluding diaryl/α,β-unsaturated/α-hetero) is 1. The lowest BCUT2D eigenvalue weighted by Crippen LogP contribution is -2.43. The van der Waals surface area contributed by atoms with E-state index in [2.05, 4.69) is 10.3 Å². The van der Waals surface area contributed by atoms with Gasteiger partial charge < -0.3 is 10.2 Å². The van der Waals surface area contributed by atoms with Gasteiger partial charge in [-0.1, -0.05) is 0 Å². The number of amides is 1. The third-order valence-corrected chi connectivity index (χ3v) is 2.09. The maximum absolute atomic E-state index is 11.4. The van der Waals surface area contributed by atoms with Crippen molar-refractivity contribution in [3.8, 4) is 0 Å². The van der Waals surface area contributed by atoms with Crippen LogP contribution in [0.4, 0.5) is 0 Å². The van der Waals surface area contributed by atoms with Crippen molar-refractivity contribution >= 4 is 35.2 Å². The molecule has 0 aliphatic heterocycles. The highest BCUT2D eigenvalue weighted by molar-refractivity contribution is 7.77. The van der Waals surface area contributed by atoms with Gasteiger partial charge in [0.2, 0.25) is 11.7 Å². The minimum Gasteiger partial charge on any atom is -0.357 e. The first-order valence-electron chi connectivity index (χ1n) is 4.66. The van der Waals surface area contributed by atoms with Crippen molar-refractivity contribution in [2.24, 2.45) is 4.99 Å². The lowest BCUT2D eigenvalue weighted by atomic mass is 10.2. The number of guanidine groups is 1. The Morgan fingerprint density at radius 3 is 2.33 bits per heavy atom. The molecule has 0 fully saturated rings. The molecule has 0 aromatic heterocycles. The molecule has 0 saturated carbocycles. The summed E-state index contributed by atoms with van der Waals surface area (Å²) in [5.74, 6) is -2.03. The molecule has 0 heterocycles. The summed E-state index contributed by atoms with van der Waals surface area (Å²) in [6.07, 6.45) is -0.0351. The molecular formula is C8H14N4O5S. The summed E-state index contributed by atoms with van der Waals surface area (Å²) in [4.78, 5) is 37.9. The molecule has 18 heavy (non-hydrogen) atoms. The van der Waals surface area contributed by atoms with Crippen LogP contribution >= 0.6 is 0 Å². The molecule has 0 aliphatic rings. The van der Waals surface area contributed by atoms with Crippen molar-refractivity contribution in [2.45, 2.75) is 6.04 Å². The molecule has 102 valence electrons. The van der Waals surface area contributed by atoms with Gasteiger partial charge in [-0.3, -0.25) is 23.7 Å². The Bertz CT molecular complexity index is 395. The number of carbonyl (C=O) groups excluding carboxylic acids is 3. The topological polar surface area (TPSA) is 128 Å². The monoisotopic (exact) mass is 278 g/mol. The molecule has 2 unspecified atom stereocenters. The van der Waals surface area contributed by atoms with Gasteiger partial charge in [0.25, 0.3) is 17.2 Å². The second-order valence-corrected chi connectivity index (χ2v) is 3.94. The van der Waals surface area contributed by atoms with E-state index in [-0.39, 0.29) is 12.2 Å². The van der Waals surface area contributed by atoms with E-state index in [1.54, 1.807) is 0 Å². The van der Waals surface area contributed by atoms with Crippen LogP contribution in [0.25, 0.3) is 0 Å². The molecule has 2 atom stereocenters. The fraction of sp³-hybridized carbons (Fsp3) is 0.500. The van der Waals surface area contributed by atoms with Gasteiger partial charge in [-0.2, -0.15) is 0 Å². The smallest absolute Gasteiger partial charge is 0.261 e. The van der Waals surface area contributed by atoms with E-state index in [1.807, 2.05) is 4.72 Å². The lowest BCUT2D eigenvalue weighted by Gasteiger charge is -2.17. The summed E-state index contributed by atoms with van der Waals surface area (Å²) in [5, 5.41) is 2.17. The van der Waals surface area contributed by atoms with Crippen LogP contribution in [-0.4, -0.2) is 64.8 Å². The van der Waals surface area contributed by atoms with Crippen LogP contribution in [0.5, 0.6) is 0 Å². The molecule has 0 rings (SSSR count). The fourth-order valence-electron chi connectivity index (χ4n) is 0.886. The van der Waals surface area contributed by atoms with Crippen LogP contribution in [0.2, 0.25) is 0 Å². The number of hydrogen-bond donors (Lipinski definition) is 3. The van der Waals surface area contributed by atoms with Crippen LogP contribution in [-0.2, 0) is 25.7 Å². The highest BCUT2D eigenvalue weighted by Crippen LogP contribution is 1.95. The number of nitrogens with one attached hydrogen (secondary N) is 2. The minimum atomic E-state index is -2.42. The molecule has 0 aromatic carbocycles. The van der Waals surface area contributed by atoms with Gasteiger partial charge in [0, 0.05) is 21.1 Å². The molecule has 3 N–H and O–H groups in total. The SMILES string of the molecule is CNC(=O)C(N=C(NS(=O)O)N(C)C)C(=O)C=O. The third kappa shape index (κ3) is 5.01. The summed E-state index contributed by atoms with van der Waals surface area (Å²) in [5.41, 5.74) is 0. The van der Waals surface area contributed by atoms with Crippen LogP contribution in [0.3, 0.4) is 0 Å². The Balaban J connectivity index is 5.32. The minimum absolute atomic E-state index is 0.0351. The molecule has 0 bridgehead atoms. The highest BCUT2D eigenvalue weighted by atomic mass is 32.2. The number of aldehydes is 1. The Kier molecular flexibility index (Phi) is 6.75. The predicted octanol–water partition coefficient (Wildman–Crippen LogP) is -2.49. The number of ketones is 1. The number of likely N-dealkylation sites (N-methyl/N-ethyl adjacent to an activating group) is 1. The summed E-state index contributed by atoms with van der Waals surface area (Å²) in [6, 6.07) is -1.60. The lowest BCUT2D eigenvalue weighted by molar-refractivity contribution is -0.135. The average Bonchev–Trinajstić information content (AvgIpc) is 2.31. The van der Waals surface area contributed by atoms with Gasteiger partial charge in [-0.25, -0.2) is 9.20 Å². The Labute approximate surface area is 106 Å². The molecular weight excluding hydrogens is 264 g/mol. The molecule has 0 spiro atoms. The van der Waals surface area contributed by atoms with E-state index >= 15 is 0 Å². The summed E-state index contributed by atoms with van der Waals surface area (Å²) >= 11 is -2.42. The van der Waals surface area contributed by atoms with Crippen LogP contribution in [0.15, 0.2) is 4.99 Å². The van der Waals surface area contributed by atoms with Gasteiger partial charge >= 0.3 is 0 Å². The Morgan fingerprint density at radius 2 is 2.00 bits per heavy atom. The van der Waals surface area contributed by atoms with E-state index in [0.717, 1.165) is 0 Å². The first-order valence-corrected chi connectivity index (χ1v) is 5.77. The third-order valence-electron chi connectivity index (χ3n) is 1.73. The van der Waals surface area contributed by atoms with Gasteiger partial charge in [0.05, 0.1) is 0 Å². The number of carbonyl (C=O) groups is 3. The summed E-state index contributed by atoms with van der Waals surface area (Å²) in [7, 11) is 4.23. The zero-order valence-electron chi connectivity index (χ0n) is 10.0. The van der Waals surface area contributed by atoms with E-state index in [9.17, 15) is 18.6 Å². The molecule has 10 heteroatoms. The number of aliphatic imine (C=N–C) groups is 1. The quantitative estimate of drug-likeness (QED) is 0.127. The fourth-order valence-corrected chi connectivity index (χ4v) is 1.28. The first kappa shape index (κ1) is 16.2. The second-order valence-electron chi connectivity index (χ2n) is 3.24. The van der Waals surface area contributed by atoms with E-state index in [4.69, 9.17) is 4.55 Å². The molecule has 0 saturated heterocycles. The predicted molar refractivity (Wildman–Crippen MR) is 64.0 cm³/mol. The van der Waals surface area contributed by atoms with Crippen LogP contribution in [0.1, 0.15) is 0 Å². The van der Waals surface area contributed by atoms with E-state index < -0.39 is 29.0 Å². The zero-order valence-corrected chi connectivity index (χ0v) is 10.9. The summed E-state index contributed by atoms with van der Waals surface area (Å²) < 4.78 is 21.3. The number of hydrogen-bond acceptors (Lipinski definition) is 5. The van der Waals surface area contributed by atoms with Crippen molar-refractivity contribution in [2.75, 3.05) is 21.1 Å². The Hall–Kier alpha value is -1.81. The van der Waals surface area contributed by atoms with Crippen molar-refractivity contribution in [1.29, 1.82) is 0 Å². The van der Waals surface area contributed by atoms with Gasteiger partial charge in [-0.05, 0) is 0 Å². The first-order chi connectivity index (χ1) is 8.33. The van der Waals surface area contributed by atoms with Crippen molar-refractivity contribution in [3.63, 3.8) is 0 Å². The normalized spacial score (nSPS) is 14.3. The van der Waals surface area contributed by atoms with Crippen molar-refractivity contribution in [1.82, 2.24) is 14.9 Å². The standard InChI is InChI=1S/C8H14N4O5S/c1-9-7(15)6(5(14)4-13)10-8(12(2)3)11-18(16)17/h4,6H,1-3H3,(H,9,15)(H,10,11)(H,16,17). The van der Waals surface area contributed by atoms with Crippen LogP contribution < -0.4 is 10.0 Å². The van der Waals surface area contributed by atoms with Gasteiger partial charge in [0.1, 0.15) is 0 Å². The van der Waals surface area contributed by atoms with Crippen LogP contribution in [0, 0.1) is 0 Å². The maximum atomic E-state index is 11.4. The molecule has 1 amide bonds. The molecule has 0 aliphatic carbocycles. The summed E-state index contributed by atoms with van der Waals surface area (Å²) in [6.45, 7) is 0. The number of nitrogens with zero attached hydrogens (tertiary/aromatic N) is 2. The van der Waals surface area contributed by atoms with E-state index in [0.29, 0.717) is 0 Å². The van der Waals surface area contributed by atoms with Crippen molar-refractivity contribution < 1.29 is 23.1 Å². The zero-order chi connectivity index (χ0) is 14.3. The molecule has 9 nitrogen and oxygen atoms in total. The van der Waals surface area contributed by atoms with Crippen molar-refractivity contribution in [3.05, 3.63) is 0 Å². The van der Waals surface area contributed by atoms with Gasteiger partial charge in [-0.15, -0.1) is 0 Å². The second kappa shape index (κ2) is 7.50. The van der Waals surface area contributed by atoms with Gasteiger partial charge in [0.15, 0.2) is 12.3 Å². The Morgan fingerprint density at radius 1 is 1.44 bits per heavy atom. The maximum Gasteiger partial charge on any atom is 0.261 e. The molecule has 0 aromatic rings. The average molecular weight is 278 g/mol. The largest absolute Gasteiger partial charge is 0.357 e.